The Hall–Kier alpha value is -1.14. The van der Waals surface area contributed by atoms with E-state index in [4.69, 9.17) is 9.84 Å². The first-order valence-corrected chi connectivity index (χ1v) is 5.83. The van der Waals surface area contributed by atoms with Gasteiger partial charge in [-0.05, 0) is 13.3 Å². The van der Waals surface area contributed by atoms with Crippen molar-refractivity contribution < 1.29 is 19.4 Å². The van der Waals surface area contributed by atoms with E-state index in [1.165, 1.54) is 6.92 Å². The van der Waals surface area contributed by atoms with Gasteiger partial charge in [0.2, 0.25) is 5.91 Å². The Balaban J connectivity index is 2.44. The molecule has 1 amide bonds. The minimum absolute atomic E-state index is 0.0290. The summed E-state index contributed by atoms with van der Waals surface area (Å²) in [5, 5.41) is 14.7. The molecule has 1 rings (SSSR count). The minimum Gasteiger partial charge on any atom is -0.480 e. The van der Waals surface area contributed by atoms with E-state index in [1.54, 1.807) is 6.92 Å². The molecule has 0 saturated carbocycles. The van der Waals surface area contributed by atoms with E-state index in [1.807, 2.05) is 0 Å². The summed E-state index contributed by atoms with van der Waals surface area (Å²) in [5.41, 5.74) is -1.19. The molecule has 98 valence electrons. The van der Waals surface area contributed by atoms with Crippen molar-refractivity contribution in [2.45, 2.75) is 38.3 Å². The highest BCUT2D eigenvalue weighted by atomic mass is 16.5. The Labute approximate surface area is 101 Å². The molecule has 1 aliphatic heterocycles. The second kappa shape index (κ2) is 5.97. The highest BCUT2D eigenvalue weighted by Crippen LogP contribution is 2.10. The van der Waals surface area contributed by atoms with E-state index in [-0.39, 0.29) is 18.4 Å². The van der Waals surface area contributed by atoms with E-state index in [2.05, 4.69) is 10.6 Å². The Morgan fingerprint density at radius 1 is 1.59 bits per heavy atom. The van der Waals surface area contributed by atoms with Crippen LogP contribution in [0.2, 0.25) is 0 Å². The summed E-state index contributed by atoms with van der Waals surface area (Å²) < 4.78 is 5.23. The number of carbonyl (C=O) groups excluding carboxylic acids is 1. The van der Waals surface area contributed by atoms with Crippen LogP contribution in [0.25, 0.3) is 0 Å². The van der Waals surface area contributed by atoms with Crippen LogP contribution in [0, 0.1) is 0 Å². The average Bonchev–Trinajstić information content (AvgIpc) is 2.29. The van der Waals surface area contributed by atoms with E-state index < -0.39 is 11.5 Å². The number of ether oxygens (including phenoxy) is 1. The molecule has 1 aliphatic rings. The maximum atomic E-state index is 11.7. The smallest absolute Gasteiger partial charge is 0.329 e. The summed E-state index contributed by atoms with van der Waals surface area (Å²) in [7, 11) is 0. The third-order valence-electron chi connectivity index (χ3n) is 3.02. The first kappa shape index (κ1) is 13.9. The number of rotatable bonds is 5. The van der Waals surface area contributed by atoms with Gasteiger partial charge in [-0.3, -0.25) is 4.79 Å². The van der Waals surface area contributed by atoms with Gasteiger partial charge in [-0.25, -0.2) is 4.79 Å². The van der Waals surface area contributed by atoms with Crippen LogP contribution in [0.3, 0.4) is 0 Å². The molecule has 1 fully saturated rings. The molecular formula is C11H20N2O4. The minimum atomic E-state index is -1.19. The molecule has 1 heterocycles. The van der Waals surface area contributed by atoms with Crippen molar-refractivity contribution >= 4 is 11.9 Å². The van der Waals surface area contributed by atoms with Crippen molar-refractivity contribution in [3.05, 3.63) is 0 Å². The summed E-state index contributed by atoms with van der Waals surface area (Å²) in [6, 6.07) is -0.0290. The van der Waals surface area contributed by atoms with Gasteiger partial charge >= 0.3 is 5.97 Å². The first-order valence-electron chi connectivity index (χ1n) is 5.83. The van der Waals surface area contributed by atoms with E-state index in [0.29, 0.717) is 19.6 Å². The monoisotopic (exact) mass is 244 g/mol. The molecule has 0 aromatic rings. The molecule has 2 unspecified atom stereocenters. The number of amides is 1. The Morgan fingerprint density at radius 2 is 2.29 bits per heavy atom. The molecule has 0 aromatic heterocycles. The molecule has 0 spiro atoms. The summed E-state index contributed by atoms with van der Waals surface area (Å²) in [6.45, 7) is 5.11. The molecule has 1 saturated heterocycles. The number of morpholine rings is 1. The second-order valence-electron chi connectivity index (χ2n) is 4.47. The quantitative estimate of drug-likeness (QED) is 0.620. The number of nitrogens with one attached hydrogen (secondary N) is 2. The van der Waals surface area contributed by atoms with Gasteiger partial charge in [0, 0.05) is 19.0 Å². The predicted molar refractivity (Wildman–Crippen MR) is 61.7 cm³/mol. The molecule has 2 atom stereocenters. The lowest BCUT2D eigenvalue weighted by Gasteiger charge is -2.27. The SMILES string of the molecule is CCC(C)(NC(=O)CC1COCCN1)C(=O)O. The van der Waals surface area contributed by atoms with Gasteiger partial charge in [-0.15, -0.1) is 0 Å². The van der Waals surface area contributed by atoms with E-state index in [0.717, 1.165) is 6.54 Å². The molecular weight excluding hydrogens is 224 g/mol. The molecule has 0 radical (unpaired) electrons. The fourth-order valence-electron chi connectivity index (χ4n) is 1.63. The lowest BCUT2D eigenvalue weighted by molar-refractivity contribution is -0.147. The maximum absolute atomic E-state index is 11.7. The van der Waals surface area contributed by atoms with E-state index >= 15 is 0 Å². The fourth-order valence-corrected chi connectivity index (χ4v) is 1.63. The van der Waals surface area contributed by atoms with Crippen molar-refractivity contribution in [2.75, 3.05) is 19.8 Å². The van der Waals surface area contributed by atoms with Crippen LogP contribution >= 0.6 is 0 Å². The first-order chi connectivity index (χ1) is 7.98. The third-order valence-corrected chi connectivity index (χ3v) is 3.02. The molecule has 3 N–H and O–H groups in total. The van der Waals surface area contributed by atoms with Crippen LogP contribution in [-0.4, -0.2) is 48.3 Å². The molecule has 6 heteroatoms. The van der Waals surface area contributed by atoms with Gasteiger partial charge in [0.15, 0.2) is 0 Å². The molecule has 6 nitrogen and oxygen atoms in total. The zero-order valence-corrected chi connectivity index (χ0v) is 10.3. The highest BCUT2D eigenvalue weighted by molar-refractivity contribution is 5.86. The summed E-state index contributed by atoms with van der Waals surface area (Å²) in [5.74, 6) is -1.28. The van der Waals surface area contributed by atoms with Crippen LogP contribution in [0.15, 0.2) is 0 Å². The van der Waals surface area contributed by atoms with Crippen LogP contribution < -0.4 is 10.6 Å². The molecule has 17 heavy (non-hydrogen) atoms. The Morgan fingerprint density at radius 3 is 2.76 bits per heavy atom. The lowest BCUT2D eigenvalue weighted by Crippen LogP contribution is -2.53. The third kappa shape index (κ3) is 3.98. The van der Waals surface area contributed by atoms with Gasteiger partial charge in [-0.2, -0.15) is 0 Å². The number of carbonyl (C=O) groups is 2. The van der Waals surface area contributed by atoms with Crippen molar-refractivity contribution in [3.63, 3.8) is 0 Å². The normalized spacial score (nSPS) is 23.8. The van der Waals surface area contributed by atoms with Crippen LogP contribution in [-0.2, 0) is 14.3 Å². The average molecular weight is 244 g/mol. The van der Waals surface area contributed by atoms with Gasteiger partial charge in [0.25, 0.3) is 0 Å². The van der Waals surface area contributed by atoms with Gasteiger partial charge in [0.05, 0.1) is 13.2 Å². The van der Waals surface area contributed by atoms with Crippen molar-refractivity contribution in [1.29, 1.82) is 0 Å². The van der Waals surface area contributed by atoms with Gasteiger partial charge < -0.3 is 20.5 Å². The largest absolute Gasteiger partial charge is 0.480 e. The van der Waals surface area contributed by atoms with Crippen molar-refractivity contribution in [2.24, 2.45) is 0 Å². The number of hydrogen-bond acceptors (Lipinski definition) is 4. The Kier molecular flexibility index (Phi) is 4.89. The number of aliphatic carboxylic acids is 1. The molecule has 0 aliphatic carbocycles. The maximum Gasteiger partial charge on any atom is 0.329 e. The number of hydrogen-bond donors (Lipinski definition) is 3. The Bertz CT molecular complexity index is 289. The van der Waals surface area contributed by atoms with Gasteiger partial charge in [-0.1, -0.05) is 6.92 Å². The standard InChI is InChI=1S/C11H20N2O4/c1-3-11(2,10(15)16)13-9(14)6-8-7-17-5-4-12-8/h8,12H,3-7H2,1-2H3,(H,13,14)(H,15,16). The summed E-state index contributed by atoms with van der Waals surface area (Å²) >= 11 is 0. The fraction of sp³-hybridized carbons (Fsp3) is 0.818. The number of carboxylic acids is 1. The van der Waals surface area contributed by atoms with Crippen LogP contribution in [0.4, 0.5) is 0 Å². The highest BCUT2D eigenvalue weighted by Gasteiger charge is 2.33. The van der Waals surface area contributed by atoms with Crippen molar-refractivity contribution in [1.82, 2.24) is 10.6 Å². The van der Waals surface area contributed by atoms with Gasteiger partial charge in [0.1, 0.15) is 5.54 Å². The lowest BCUT2D eigenvalue weighted by atomic mass is 9.98. The summed E-state index contributed by atoms with van der Waals surface area (Å²) in [4.78, 5) is 22.7. The molecule has 0 aromatic carbocycles. The van der Waals surface area contributed by atoms with Crippen LogP contribution in [0.1, 0.15) is 26.7 Å². The zero-order chi connectivity index (χ0) is 12.9. The van der Waals surface area contributed by atoms with Crippen molar-refractivity contribution in [3.8, 4) is 0 Å². The second-order valence-corrected chi connectivity index (χ2v) is 4.47. The van der Waals surface area contributed by atoms with Crippen LogP contribution in [0.5, 0.6) is 0 Å². The topological polar surface area (TPSA) is 87.7 Å². The molecule has 0 bridgehead atoms. The number of carboxylic acid groups (broad SMARTS) is 1. The van der Waals surface area contributed by atoms with E-state index in [9.17, 15) is 9.59 Å². The zero-order valence-electron chi connectivity index (χ0n) is 10.3. The predicted octanol–water partition coefficient (Wildman–Crippen LogP) is -0.266. The summed E-state index contributed by atoms with van der Waals surface area (Å²) in [6.07, 6.45) is 0.589.